The van der Waals surface area contributed by atoms with E-state index in [2.05, 4.69) is 34.9 Å². The molecule has 0 bridgehead atoms. The van der Waals surface area contributed by atoms with Crippen LogP contribution in [0.15, 0.2) is 22.7 Å². The summed E-state index contributed by atoms with van der Waals surface area (Å²) in [5.74, 6) is 0.874. The van der Waals surface area contributed by atoms with Crippen molar-refractivity contribution in [1.82, 2.24) is 9.80 Å². The van der Waals surface area contributed by atoms with Crippen molar-refractivity contribution in [3.8, 4) is 0 Å². The molecule has 0 spiro atoms. The fraction of sp³-hybridized carbons (Fsp3) is 0.562. The molecule has 1 heterocycles. The summed E-state index contributed by atoms with van der Waals surface area (Å²) in [6.45, 7) is 4.88. The zero-order valence-electron chi connectivity index (χ0n) is 12.5. The Balaban J connectivity index is 2.00. The van der Waals surface area contributed by atoms with Crippen LogP contribution in [-0.2, 0) is 0 Å². The van der Waals surface area contributed by atoms with Crippen molar-refractivity contribution in [1.29, 1.82) is 0 Å². The van der Waals surface area contributed by atoms with Crippen molar-refractivity contribution < 1.29 is 4.79 Å². The lowest BCUT2D eigenvalue weighted by molar-refractivity contribution is 0.0677. The smallest absolute Gasteiger partial charge is 0.255 e. The summed E-state index contributed by atoms with van der Waals surface area (Å²) < 4.78 is 0.931. The summed E-state index contributed by atoms with van der Waals surface area (Å²) in [6.07, 6.45) is 2.21. The normalized spacial score (nSPS) is 16.8. The molecule has 1 aliphatic rings. The molecule has 0 radical (unpaired) electrons. The Morgan fingerprint density at radius 2 is 2.00 bits per heavy atom. The zero-order chi connectivity index (χ0) is 14.7. The highest BCUT2D eigenvalue weighted by Crippen LogP contribution is 2.25. The van der Waals surface area contributed by atoms with Gasteiger partial charge in [-0.2, -0.15) is 0 Å². The van der Waals surface area contributed by atoms with Crippen LogP contribution in [-0.4, -0.2) is 49.4 Å². The Hall–Kier alpha value is -0.870. The third-order valence-corrected chi connectivity index (χ3v) is 5.00. The molecule has 1 aliphatic heterocycles. The average Bonchev–Trinajstić information content (AvgIpc) is 2.41. The second-order valence-corrected chi connectivity index (χ2v) is 6.73. The predicted molar refractivity (Wildman–Crippen MR) is 86.1 cm³/mol. The van der Waals surface area contributed by atoms with Crippen LogP contribution in [0.5, 0.6) is 0 Å². The molecule has 0 atom stereocenters. The lowest BCUT2D eigenvalue weighted by atomic mass is 9.96. The molecule has 20 heavy (non-hydrogen) atoms. The largest absolute Gasteiger partial charge is 0.339 e. The van der Waals surface area contributed by atoms with Crippen LogP contribution in [0.1, 0.15) is 28.8 Å². The Bertz CT molecular complexity index is 479. The Morgan fingerprint density at radius 1 is 1.35 bits per heavy atom. The van der Waals surface area contributed by atoms with E-state index in [1.54, 1.807) is 0 Å². The first-order valence-corrected chi connectivity index (χ1v) is 7.97. The van der Waals surface area contributed by atoms with Gasteiger partial charge in [-0.15, -0.1) is 0 Å². The molecule has 3 nitrogen and oxygen atoms in total. The summed E-state index contributed by atoms with van der Waals surface area (Å²) in [5, 5.41) is 0. The number of likely N-dealkylation sites (tertiary alicyclic amines) is 1. The molecule has 110 valence electrons. The van der Waals surface area contributed by atoms with E-state index < -0.39 is 0 Å². The molecule has 1 fully saturated rings. The fourth-order valence-electron chi connectivity index (χ4n) is 2.82. The molecule has 0 saturated carbocycles. The lowest BCUT2D eigenvalue weighted by Gasteiger charge is -2.33. The predicted octanol–water partition coefficient (Wildman–Crippen LogP) is 3.17. The summed E-state index contributed by atoms with van der Waals surface area (Å²) >= 11 is 3.54. The van der Waals surface area contributed by atoms with Crippen LogP contribution in [0.4, 0.5) is 0 Å². The molecule has 1 amide bonds. The van der Waals surface area contributed by atoms with E-state index in [-0.39, 0.29) is 5.91 Å². The number of amides is 1. The molecular formula is C16H23BrN2O. The molecule has 0 N–H and O–H groups in total. The summed E-state index contributed by atoms with van der Waals surface area (Å²) in [6, 6.07) is 5.88. The van der Waals surface area contributed by atoms with Gasteiger partial charge in [0.25, 0.3) is 5.91 Å². The average molecular weight is 339 g/mol. The molecule has 1 aromatic carbocycles. The maximum Gasteiger partial charge on any atom is 0.255 e. The van der Waals surface area contributed by atoms with Crippen LogP contribution in [0.3, 0.4) is 0 Å². The first kappa shape index (κ1) is 15.5. The maximum atomic E-state index is 12.6. The number of aryl methyl sites for hydroxylation is 1. The van der Waals surface area contributed by atoms with E-state index in [1.807, 2.05) is 30.0 Å². The second kappa shape index (κ2) is 6.72. The molecule has 0 aromatic heterocycles. The van der Waals surface area contributed by atoms with Gasteiger partial charge < -0.3 is 9.80 Å². The quantitative estimate of drug-likeness (QED) is 0.845. The maximum absolute atomic E-state index is 12.6. The number of piperidine rings is 1. The Labute approximate surface area is 130 Å². The molecule has 0 aliphatic carbocycles. The third kappa shape index (κ3) is 3.61. The standard InChI is InChI=1S/C16H23BrN2O/c1-12-5-4-6-14(15(12)17)16(20)19-9-7-13(8-10-19)11-18(2)3/h4-6,13H,7-11H2,1-3H3. The van der Waals surface area contributed by atoms with Crippen LogP contribution in [0.25, 0.3) is 0 Å². The molecule has 2 rings (SSSR count). The topological polar surface area (TPSA) is 23.6 Å². The van der Waals surface area contributed by atoms with E-state index in [0.29, 0.717) is 0 Å². The van der Waals surface area contributed by atoms with Crippen LogP contribution in [0, 0.1) is 12.8 Å². The number of carbonyl (C=O) groups excluding carboxylic acids is 1. The van der Waals surface area contributed by atoms with Crippen molar-refractivity contribution in [2.24, 2.45) is 5.92 Å². The lowest BCUT2D eigenvalue weighted by Crippen LogP contribution is -2.40. The van der Waals surface area contributed by atoms with Gasteiger partial charge in [-0.25, -0.2) is 0 Å². The first-order chi connectivity index (χ1) is 9.49. The Kier molecular flexibility index (Phi) is 5.22. The van der Waals surface area contributed by atoms with Crippen molar-refractivity contribution in [3.63, 3.8) is 0 Å². The van der Waals surface area contributed by atoms with Gasteiger partial charge in [-0.3, -0.25) is 4.79 Å². The Morgan fingerprint density at radius 3 is 2.60 bits per heavy atom. The zero-order valence-corrected chi connectivity index (χ0v) is 14.1. The minimum Gasteiger partial charge on any atom is -0.339 e. The third-order valence-electron chi connectivity index (χ3n) is 3.95. The van der Waals surface area contributed by atoms with Gasteiger partial charge in [0, 0.05) is 24.1 Å². The molecule has 0 unspecified atom stereocenters. The van der Waals surface area contributed by atoms with Gasteiger partial charge in [-0.1, -0.05) is 12.1 Å². The van der Waals surface area contributed by atoms with Gasteiger partial charge in [-0.05, 0) is 67.3 Å². The summed E-state index contributed by atoms with van der Waals surface area (Å²) in [4.78, 5) is 16.8. The molecule has 1 saturated heterocycles. The van der Waals surface area contributed by atoms with Gasteiger partial charge in [0.1, 0.15) is 0 Å². The molecule has 4 heteroatoms. The highest BCUT2D eigenvalue weighted by Gasteiger charge is 2.25. The van der Waals surface area contributed by atoms with Gasteiger partial charge in [0.05, 0.1) is 5.56 Å². The monoisotopic (exact) mass is 338 g/mol. The fourth-order valence-corrected chi connectivity index (χ4v) is 3.25. The van der Waals surface area contributed by atoms with Crippen LogP contribution in [0.2, 0.25) is 0 Å². The van der Waals surface area contributed by atoms with E-state index >= 15 is 0 Å². The van der Waals surface area contributed by atoms with Crippen molar-refractivity contribution in [2.75, 3.05) is 33.7 Å². The minimum absolute atomic E-state index is 0.156. The summed E-state index contributed by atoms with van der Waals surface area (Å²) in [7, 11) is 4.22. The number of hydrogen-bond acceptors (Lipinski definition) is 2. The number of nitrogens with zero attached hydrogens (tertiary/aromatic N) is 2. The highest BCUT2D eigenvalue weighted by molar-refractivity contribution is 9.10. The van der Waals surface area contributed by atoms with E-state index in [4.69, 9.17) is 0 Å². The number of carbonyl (C=O) groups is 1. The van der Waals surface area contributed by atoms with Gasteiger partial charge >= 0.3 is 0 Å². The second-order valence-electron chi connectivity index (χ2n) is 5.93. The minimum atomic E-state index is 0.156. The SMILES string of the molecule is Cc1cccc(C(=O)N2CCC(CN(C)C)CC2)c1Br. The van der Waals surface area contributed by atoms with E-state index in [0.717, 1.165) is 54.0 Å². The van der Waals surface area contributed by atoms with Crippen LogP contribution >= 0.6 is 15.9 Å². The van der Waals surface area contributed by atoms with Crippen molar-refractivity contribution in [2.45, 2.75) is 19.8 Å². The number of benzene rings is 1. The van der Waals surface area contributed by atoms with Crippen LogP contribution < -0.4 is 0 Å². The van der Waals surface area contributed by atoms with E-state index in [9.17, 15) is 4.79 Å². The van der Waals surface area contributed by atoms with Gasteiger partial charge in [0.15, 0.2) is 0 Å². The van der Waals surface area contributed by atoms with Crippen molar-refractivity contribution >= 4 is 21.8 Å². The highest BCUT2D eigenvalue weighted by atomic mass is 79.9. The first-order valence-electron chi connectivity index (χ1n) is 7.18. The van der Waals surface area contributed by atoms with E-state index in [1.165, 1.54) is 0 Å². The molecular weight excluding hydrogens is 316 g/mol. The number of rotatable bonds is 3. The molecule has 1 aromatic rings. The van der Waals surface area contributed by atoms with Gasteiger partial charge in [0.2, 0.25) is 0 Å². The number of halogens is 1. The van der Waals surface area contributed by atoms with Crippen molar-refractivity contribution in [3.05, 3.63) is 33.8 Å². The summed E-state index contributed by atoms with van der Waals surface area (Å²) in [5.41, 5.74) is 1.90. The number of hydrogen-bond donors (Lipinski definition) is 0.